The normalized spacial score (nSPS) is 10.5. The van der Waals surface area contributed by atoms with Crippen molar-refractivity contribution in [2.75, 3.05) is 11.9 Å². The van der Waals surface area contributed by atoms with Crippen LogP contribution in [0.25, 0.3) is 0 Å². The minimum absolute atomic E-state index is 0.298. The summed E-state index contributed by atoms with van der Waals surface area (Å²) in [5.74, 6) is -0.921. The third-order valence-electron chi connectivity index (χ3n) is 2.98. The van der Waals surface area contributed by atoms with Gasteiger partial charge in [-0.15, -0.1) is 0 Å². The molecule has 2 rings (SSSR count). The molecule has 0 saturated heterocycles. The van der Waals surface area contributed by atoms with Crippen molar-refractivity contribution in [1.82, 2.24) is 4.98 Å². The zero-order valence-corrected chi connectivity index (χ0v) is 12.2. The third kappa shape index (κ3) is 2.61. The van der Waals surface area contributed by atoms with Crippen molar-refractivity contribution >= 4 is 28.1 Å². The predicted molar refractivity (Wildman–Crippen MR) is 77.8 cm³/mol. The molecule has 0 fully saturated rings. The van der Waals surface area contributed by atoms with E-state index in [2.05, 4.69) is 11.1 Å². The summed E-state index contributed by atoms with van der Waals surface area (Å²) in [4.78, 5) is 17.6. The second kappa shape index (κ2) is 5.01. The summed E-state index contributed by atoms with van der Waals surface area (Å²) in [6.07, 6.45) is 0. The van der Waals surface area contributed by atoms with Crippen LogP contribution in [0.4, 0.5) is 10.8 Å². The molecular formula is C14H16N2O2S. The van der Waals surface area contributed by atoms with Crippen LogP contribution in [0.2, 0.25) is 0 Å². The number of benzene rings is 1. The van der Waals surface area contributed by atoms with E-state index in [1.807, 2.05) is 37.9 Å². The van der Waals surface area contributed by atoms with Crippen LogP contribution in [0.5, 0.6) is 0 Å². The number of carboxylic acid groups (broad SMARTS) is 1. The van der Waals surface area contributed by atoms with E-state index in [0.29, 0.717) is 15.7 Å². The smallest absolute Gasteiger partial charge is 0.347 e. The van der Waals surface area contributed by atoms with Crippen molar-refractivity contribution in [2.24, 2.45) is 0 Å². The molecular weight excluding hydrogens is 260 g/mol. The van der Waals surface area contributed by atoms with Crippen LogP contribution in [0.1, 0.15) is 26.5 Å². The van der Waals surface area contributed by atoms with E-state index < -0.39 is 5.97 Å². The molecule has 0 atom stereocenters. The number of aromatic nitrogens is 1. The number of hydrogen-bond donors (Lipinski definition) is 1. The Labute approximate surface area is 116 Å². The van der Waals surface area contributed by atoms with Crippen molar-refractivity contribution in [3.8, 4) is 0 Å². The summed E-state index contributed by atoms with van der Waals surface area (Å²) < 4.78 is 0. The number of thiazole rings is 1. The van der Waals surface area contributed by atoms with Crippen LogP contribution < -0.4 is 4.90 Å². The third-order valence-corrected chi connectivity index (χ3v) is 4.20. The van der Waals surface area contributed by atoms with Gasteiger partial charge in [0, 0.05) is 12.7 Å². The van der Waals surface area contributed by atoms with Crippen LogP contribution in [0.3, 0.4) is 0 Å². The second-order valence-corrected chi connectivity index (χ2v) is 5.54. The Bertz CT molecular complexity index is 634. The number of aryl methyl sites for hydroxylation is 3. The molecule has 0 spiro atoms. The number of anilines is 2. The Morgan fingerprint density at radius 3 is 2.53 bits per heavy atom. The molecule has 2 aromatic rings. The molecule has 1 aromatic heterocycles. The highest BCUT2D eigenvalue weighted by Gasteiger charge is 2.17. The van der Waals surface area contributed by atoms with Crippen molar-refractivity contribution in [1.29, 1.82) is 0 Å². The average molecular weight is 276 g/mol. The molecule has 0 radical (unpaired) electrons. The highest BCUT2D eigenvalue weighted by molar-refractivity contribution is 7.17. The Morgan fingerprint density at radius 2 is 2.00 bits per heavy atom. The Kier molecular flexibility index (Phi) is 3.57. The molecule has 1 N–H and O–H groups in total. The first kappa shape index (κ1) is 13.5. The zero-order valence-electron chi connectivity index (χ0n) is 11.4. The maximum Gasteiger partial charge on any atom is 0.347 e. The number of hydrogen-bond acceptors (Lipinski definition) is 4. The van der Waals surface area contributed by atoms with E-state index in [4.69, 9.17) is 5.11 Å². The lowest BCUT2D eigenvalue weighted by atomic mass is 10.1. The molecule has 0 bridgehead atoms. The molecule has 0 aliphatic heterocycles. The molecule has 19 heavy (non-hydrogen) atoms. The van der Waals surface area contributed by atoms with Crippen LogP contribution in [0.15, 0.2) is 18.2 Å². The molecule has 0 saturated carbocycles. The SMILES string of the molecule is Cc1ccc(N(C)c2nc(C)c(C(=O)O)s2)c(C)c1. The lowest BCUT2D eigenvalue weighted by Crippen LogP contribution is -2.10. The van der Waals surface area contributed by atoms with Gasteiger partial charge in [0.1, 0.15) is 4.88 Å². The van der Waals surface area contributed by atoms with E-state index in [1.165, 1.54) is 16.9 Å². The van der Waals surface area contributed by atoms with Gasteiger partial charge in [-0.2, -0.15) is 0 Å². The number of nitrogens with zero attached hydrogens (tertiary/aromatic N) is 2. The summed E-state index contributed by atoms with van der Waals surface area (Å²) in [6.45, 7) is 5.81. The first-order valence-corrected chi connectivity index (χ1v) is 6.73. The summed E-state index contributed by atoms with van der Waals surface area (Å²) in [5.41, 5.74) is 3.95. The second-order valence-electron chi connectivity index (χ2n) is 4.57. The Balaban J connectivity index is 2.41. The van der Waals surface area contributed by atoms with Crippen molar-refractivity contribution < 1.29 is 9.90 Å². The average Bonchev–Trinajstić information content (AvgIpc) is 2.70. The van der Waals surface area contributed by atoms with Crippen molar-refractivity contribution in [3.63, 3.8) is 0 Å². The van der Waals surface area contributed by atoms with E-state index in [-0.39, 0.29) is 0 Å². The zero-order chi connectivity index (χ0) is 14.2. The lowest BCUT2D eigenvalue weighted by Gasteiger charge is -2.18. The van der Waals surface area contributed by atoms with Gasteiger partial charge < -0.3 is 10.0 Å². The first-order chi connectivity index (χ1) is 8.90. The molecule has 5 heteroatoms. The molecule has 1 aromatic carbocycles. The van der Waals surface area contributed by atoms with Gasteiger partial charge in [-0.05, 0) is 32.4 Å². The summed E-state index contributed by atoms with van der Waals surface area (Å²) in [6, 6.07) is 6.17. The van der Waals surface area contributed by atoms with Crippen LogP contribution in [-0.4, -0.2) is 23.1 Å². The number of aromatic carboxylic acids is 1. The monoisotopic (exact) mass is 276 g/mol. The van der Waals surface area contributed by atoms with Gasteiger partial charge in [0.05, 0.1) is 5.69 Å². The van der Waals surface area contributed by atoms with Crippen molar-refractivity contribution in [3.05, 3.63) is 39.9 Å². The van der Waals surface area contributed by atoms with Gasteiger partial charge in [0.25, 0.3) is 0 Å². The maximum absolute atomic E-state index is 11.1. The standard InChI is InChI=1S/C14H16N2O2S/c1-8-5-6-11(9(2)7-8)16(4)14-15-10(3)12(19-14)13(17)18/h5-7H,1-4H3,(H,17,18). The van der Waals surface area contributed by atoms with E-state index in [0.717, 1.165) is 11.3 Å². The maximum atomic E-state index is 11.1. The molecule has 0 amide bonds. The van der Waals surface area contributed by atoms with E-state index in [1.54, 1.807) is 6.92 Å². The quantitative estimate of drug-likeness (QED) is 0.931. The highest BCUT2D eigenvalue weighted by atomic mass is 32.1. The Morgan fingerprint density at radius 1 is 1.32 bits per heavy atom. The van der Waals surface area contributed by atoms with Gasteiger partial charge >= 0.3 is 5.97 Å². The summed E-state index contributed by atoms with van der Waals surface area (Å²) in [7, 11) is 1.90. The van der Waals surface area contributed by atoms with Crippen molar-refractivity contribution in [2.45, 2.75) is 20.8 Å². The topological polar surface area (TPSA) is 53.4 Å². The van der Waals surface area contributed by atoms with E-state index >= 15 is 0 Å². The summed E-state index contributed by atoms with van der Waals surface area (Å²) in [5, 5.41) is 9.77. The van der Waals surface area contributed by atoms with Crippen LogP contribution in [0, 0.1) is 20.8 Å². The fourth-order valence-corrected chi connectivity index (χ4v) is 2.89. The van der Waals surface area contributed by atoms with Gasteiger partial charge in [-0.3, -0.25) is 0 Å². The Hall–Kier alpha value is -1.88. The van der Waals surface area contributed by atoms with Gasteiger partial charge in [0.15, 0.2) is 5.13 Å². The summed E-state index contributed by atoms with van der Waals surface area (Å²) >= 11 is 1.20. The number of carboxylic acids is 1. The lowest BCUT2D eigenvalue weighted by molar-refractivity contribution is 0.0701. The minimum Gasteiger partial charge on any atom is -0.477 e. The van der Waals surface area contributed by atoms with Crippen LogP contribution >= 0.6 is 11.3 Å². The number of rotatable bonds is 3. The van der Waals surface area contributed by atoms with E-state index in [9.17, 15) is 4.79 Å². The first-order valence-electron chi connectivity index (χ1n) is 5.92. The largest absolute Gasteiger partial charge is 0.477 e. The predicted octanol–water partition coefficient (Wildman–Crippen LogP) is 3.53. The fraction of sp³-hybridized carbons (Fsp3) is 0.286. The molecule has 0 aliphatic carbocycles. The molecule has 100 valence electrons. The molecule has 4 nitrogen and oxygen atoms in total. The highest BCUT2D eigenvalue weighted by Crippen LogP contribution is 2.32. The molecule has 0 aliphatic rings. The van der Waals surface area contributed by atoms with Gasteiger partial charge in [0.2, 0.25) is 0 Å². The van der Waals surface area contributed by atoms with Gasteiger partial charge in [-0.25, -0.2) is 9.78 Å². The minimum atomic E-state index is -0.921. The van der Waals surface area contributed by atoms with Gasteiger partial charge in [-0.1, -0.05) is 29.0 Å². The number of carbonyl (C=O) groups is 1. The molecule has 1 heterocycles. The fourth-order valence-electron chi connectivity index (χ4n) is 2.01. The molecule has 0 unspecified atom stereocenters. The van der Waals surface area contributed by atoms with Crippen LogP contribution in [-0.2, 0) is 0 Å².